The highest BCUT2D eigenvalue weighted by molar-refractivity contribution is 5.83. The predicted molar refractivity (Wildman–Crippen MR) is 92.5 cm³/mol. The van der Waals surface area contributed by atoms with Crippen LogP contribution in [0.25, 0.3) is 0 Å². The number of piperidine rings is 2. The lowest BCUT2D eigenvalue weighted by molar-refractivity contribution is -0.124. The first-order valence-electron chi connectivity index (χ1n) is 9.08. The zero-order valence-electron chi connectivity index (χ0n) is 13.8. The molecule has 1 aromatic rings. The van der Waals surface area contributed by atoms with Crippen LogP contribution in [0.4, 0.5) is 5.69 Å². The molecule has 1 unspecified atom stereocenters. The van der Waals surface area contributed by atoms with Crippen molar-refractivity contribution in [3.8, 4) is 0 Å². The third kappa shape index (κ3) is 3.09. The monoisotopic (exact) mass is 313 g/mol. The summed E-state index contributed by atoms with van der Waals surface area (Å²) in [7, 11) is 0. The van der Waals surface area contributed by atoms with Crippen LogP contribution in [0.5, 0.6) is 0 Å². The standard InChI is InChI=1S/C19H27N3O/c23-18(17-14-19(17)8-10-20-11-9-19)21-15-6-12-22(13-7-15)16-4-2-1-3-5-16/h1-5,15,17,20H,6-14H2,(H,21,23). The van der Waals surface area contributed by atoms with Gasteiger partial charge in [-0.05, 0) is 62.7 Å². The van der Waals surface area contributed by atoms with E-state index in [0.29, 0.717) is 17.4 Å². The molecular weight excluding hydrogens is 286 g/mol. The lowest BCUT2D eigenvalue weighted by atomic mass is 9.91. The first kappa shape index (κ1) is 15.0. The molecule has 0 radical (unpaired) electrons. The fraction of sp³-hybridized carbons (Fsp3) is 0.632. The molecule has 4 rings (SSSR count). The van der Waals surface area contributed by atoms with Gasteiger partial charge in [-0.25, -0.2) is 0 Å². The molecule has 1 aliphatic carbocycles. The van der Waals surface area contributed by atoms with Crippen molar-refractivity contribution in [3.63, 3.8) is 0 Å². The largest absolute Gasteiger partial charge is 0.371 e. The molecule has 4 heteroatoms. The molecule has 3 aliphatic rings. The molecule has 1 saturated carbocycles. The Morgan fingerprint density at radius 1 is 1.13 bits per heavy atom. The minimum atomic E-state index is 0.289. The molecular formula is C19H27N3O. The van der Waals surface area contributed by atoms with Gasteiger partial charge in [0.15, 0.2) is 0 Å². The summed E-state index contributed by atoms with van der Waals surface area (Å²) in [6.07, 6.45) is 5.59. The van der Waals surface area contributed by atoms with Crippen molar-refractivity contribution in [3.05, 3.63) is 30.3 Å². The minimum Gasteiger partial charge on any atom is -0.371 e. The lowest BCUT2D eigenvalue weighted by Crippen LogP contribution is -2.45. The van der Waals surface area contributed by atoms with Crippen molar-refractivity contribution < 1.29 is 4.79 Å². The Balaban J connectivity index is 1.26. The van der Waals surface area contributed by atoms with Crippen molar-refractivity contribution in [1.82, 2.24) is 10.6 Å². The molecule has 1 atom stereocenters. The van der Waals surface area contributed by atoms with Crippen molar-refractivity contribution in [2.24, 2.45) is 11.3 Å². The van der Waals surface area contributed by atoms with E-state index < -0.39 is 0 Å². The van der Waals surface area contributed by atoms with Crippen LogP contribution in [0.15, 0.2) is 30.3 Å². The zero-order valence-corrected chi connectivity index (χ0v) is 13.8. The molecule has 2 saturated heterocycles. The number of benzene rings is 1. The Hall–Kier alpha value is -1.55. The van der Waals surface area contributed by atoms with E-state index in [9.17, 15) is 4.79 Å². The summed E-state index contributed by atoms with van der Waals surface area (Å²) in [5.74, 6) is 0.613. The fourth-order valence-electron chi connectivity index (χ4n) is 4.42. The van der Waals surface area contributed by atoms with Crippen LogP contribution in [-0.4, -0.2) is 38.1 Å². The van der Waals surface area contributed by atoms with E-state index >= 15 is 0 Å². The number of nitrogens with zero attached hydrogens (tertiary/aromatic N) is 1. The Kier molecular flexibility index (Phi) is 4.02. The molecule has 124 valence electrons. The Morgan fingerprint density at radius 2 is 1.83 bits per heavy atom. The number of para-hydroxylation sites is 1. The number of nitrogens with one attached hydrogen (secondary N) is 2. The Morgan fingerprint density at radius 3 is 2.52 bits per heavy atom. The second-order valence-electron chi connectivity index (χ2n) is 7.47. The van der Waals surface area contributed by atoms with Gasteiger partial charge in [0.05, 0.1) is 0 Å². The van der Waals surface area contributed by atoms with Crippen LogP contribution in [-0.2, 0) is 4.79 Å². The van der Waals surface area contributed by atoms with Gasteiger partial charge in [-0.15, -0.1) is 0 Å². The molecule has 1 aromatic carbocycles. The number of hydrogen-bond acceptors (Lipinski definition) is 3. The van der Waals surface area contributed by atoms with Crippen molar-refractivity contribution in [2.45, 2.75) is 38.1 Å². The molecule has 2 heterocycles. The molecule has 3 fully saturated rings. The number of rotatable bonds is 3. The summed E-state index contributed by atoms with van der Waals surface area (Å²) in [6.45, 7) is 4.24. The number of carbonyl (C=O) groups is 1. The first-order chi connectivity index (χ1) is 11.3. The topological polar surface area (TPSA) is 44.4 Å². The second kappa shape index (κ2) is 6.16. The second-order valence-corrected chi connectivity index (χ2v) is 7.47. The summed E-state index contributed by atoms with van der Waals surface area (Å²) >= 11 is 0. The van der Waals surface area contributed by atoms with Crippen LogP contribution in [0.2, 0.25) is 0 Å². The highest BCUT2D eigenvalue weighted by Crippen LogP contribution is 2.58. The van der Waals surface area contributed by atoms with E-state index in [1.807, 2.05) is 0 Å². The molecule has 23 heavy (non-hydrogen) atoms. The highest BCUT2D eigenvalue weighted by Gasteiger charge is 2.57. The number of anilines is 1. The van der Waals surface area contributed by atoms with E-state index in [0.717, 1.165) is 45.4 Å². The SMILES string of the molecule is O=C(NC1CCN(c2ccccc2)CC1)C1CC12CCNCC2. The van der Waals surface area contributed by atoms with Crippen molar-refractivity contribution in [2.75, 3.05) is 31.1 Å². The van der Waals surface area contributed by atoms with Crippen LogP contribution >= 0.6 is 0 Å². The summed E-state index contributed by atoms with van der Waals surface area (Å²) in [5.41, 5.74) is 1.65. The molecule has 0 bridgehead atoms. The van der Waals surface area contributed by atoms with Gasteiger partial charge < -0.3 is 15.5 Å². The van der Waals surface area contributed by atoms with Crippen molar-refractivity contribution >= 4 is 11.6 Å². The van der Waals surface area contributed by atoms with Crippen LogP contribution in [0, 0.1) is 11.3 Å². The van der Waals surface area contributed by atoms with Gasteiger partial charge in [-0.3, -0.25) is 4.79 Å². The van der Waals surface area contributed by atoms with Gasteiger partial charge in [0.2, 0.25) is 5.91 Å². The lowest BCUT2D eigenvalue weighted by Gasteiger charge is -2.34. The van der Waals surface area contributed by atoms with Gasteiger partial charge in [-0.2, -0.15) is 0 Å². The average molecular weight is 313 g/mol. The number of hydrogen-bond donors (Lipinski definition) is 2. The number of carbonyl (C=O) groups excluding carboxylic acids is 1. The maximum atomic E-state index is 12.6. The van der Waals surface area contributed by atoms with E-state index in [-0.39, 0.29) is 5.92 Å². The molecule has 0 aromatic heterocycles. The quantitative estimate of drug-likeness (QED) is 0.899. The van der Waals surface area contributed by atoms with Crippen LogP contribution in [0.3, 0.4) is 0 Å². The number of amides is 1. The highest BCUT2D eigenvalue weighted by atomic mass is 16.2. The fourth-order valence-corrected chi connectivity index (χ4v) is 4.42. The summed E-state index contributed by atoms with van der Waals surface area (Å²) in [4.78, 5) is 15.0. The first-order valence-corrected chi connectivity index (χ1v) is 9.08. The smallest absolute Gasteiger partial charge is 0.223 e. The molecule has 1 amide bonds. The van der Waals surface area contributed by atoms with Gasteiger partial charge in [0.25, 0.3) is 0 Å². The van der Waals surface area contributed by atoms with Crippen LogP contribution < -0.4 is 15.5 Å². The summed E-state index contributed by atoms with van der Waals surface area (Å²) in [5, 5.41) is 6.74. The predicted octanol–water partition coefficient (Wildman–Crippen LogP) is 2.16. The van der Waals surface area contributed by atoms with Gasteiger partial charge in [0.1, 0.15) is 0 Å². The van der Waals surface area contributed by atoms with E-state index in [1.165, 1.54) is 18.5 Å². The molecule has 2 aliphatic heterocycles. The molecule has 2 N–H and O–H groups in total. The summed E-state index contributed by atoms with van der Waals surface area (Å²) in [6, 6.07) is 10.9. The van der Waals surface area contributed by atoms with Gasteiger partial charge in [0, 0.05) is 30.7 Å². The Bertz CT molecular complexity index is 545. The van der Waals surface area contributed by atoms with Crippen LogP contribution in [0.1, 0.15) is 32.1 Å². The minimum absolute atomic E-state index is 0.289. The third-order valence-corrected chi connectivity index (χ3v) is 6.07. The zero-order chi connectivity index (χ0) is 15.7. The average Bonchev–Trinajstić information content (AvgIpc) is 3.30. The van der Waals surface area contributed by atoms with Crippen molar-refractivity contribution in [1.29, 1.82) is 0 Å². The van der Waals surface area contributed by atoms with E-state index in [2.05, 4.69) is 45.9 Å². The Labute approximate surface area is 138 Å². The van der Waals surface area contributed by atoms with E-state index in [4.69, 9.17) is 0 Å². The van der Waals surface area contributed by atoms with Gasteiger partial charge >= 0.3 is 0 Å². The maximum Gasteiger partial charge on any atom is 0.223 e. The molecule has 1 spiro atoms. The molecule has 4 nitrogen and oxygen atoms in total. The third-order valence-electron chi connectivity index (χ3n) is 6.07. The van der Waals surface area contributed by atoms with E-state index in [1.54, 1.807) is 0 Å². The summed E-state index contributed by atoms with van der Waals surface area (Å²) < 4.78 is 0. The normalized spacial score (nSPS) is 27.0. The maximum absolute atomic E-state index is 12.6. The van der Waals surface area contributed by atoms with Gasteiger partial charge in [-0.1, -0.05) is 18.2 Å².